The summed E-state index contributed by atoms with van der Waals surface area (Å²) in [6.45, 7) is 3.66. The van der Waals surface area contributed by atoms with Gasteiger partial charge in [-0.2, -0.15) is 0 Å². The van der Waals surface area contributed by atoms with Crippen LogP contribution in [0.4, 0.5) is 5.69 Å². The topological polar surface area (TPSA) is 135 Å². The predicted molar refractivity (Wildman–Crippen MR) is 107 cm³/mol. The number of carbonyl (C=O) groups excluding carboxylic acids is 1. The van der Waals surface area contributed by atoms with Crippen LogP contribution in [-0.4, -0.2) is 29.3 Å². The zero-order valence-corrected chi connectivity index (χ0v) is 17.2. The molecule has 0 aliphatic rings. The lowest BCUT2D eigenvalue weighted by molar-refractivity contribution is -0.116. The second-order valence-electron chi connectivity index (χ2n) is 6.39. The van der Waals surface area contributed by atoms with Gasteiger partial charge in [-0.15, -0.1) is 0 Å². The number of primary sulfonamides is 1. The number of benzene rings is 2. The van der Waals surface area contributed by atoms with E-state index in [1.807, 2.05) is 13.0 Å². The number of carbonyl (C=O) groups is 1. The Hall–Kier alpha value is -2.27. The Morgan fingerprint density at radius 3 is 2.25 bits per heavy atom. The first-order valence-electron chi connectivity index (χ1n) is 8.49. The molecule has 0 fully saturated rings. The van der Waals surface area contributed by atoms with Gasteiger partial charge < -0.3 is 5.32 Å². The summed E-state index contributed by atoms with van der Waals surface area (Å²) in [4.78, 5) is 12.1. The Bertz CT molecular complexity index is 1060. The molecule has 0 spiro atoms. The van der Waals surface area contributed by atoms with Gasteiger partial charge in [-0.3, -0.25) is 4.79 Å². The van der Waals surface area contributed by atoms with Crippen molar-refractivity contribution in [3.8, 4) is 0 Å². The van der Waals surface area contributed by atoms with E-state index in [1.54, 1.807) is 19.1 Å². The third-order valence-electron chi connectivity index (χ3n) is 3.97. The zero-order chi connectivity index (χ0) is 20.9. The van der Waals surface area contributed by atoms with Crippen molar-refractivity contribution in [2.24, 2.45) is 5.14 Å². The minimum absolute atomic E-state index is 0.0497. The van der Waals surface area contributed by atoms with Gasteiger partial charge in [-0.1, -0.05) is 12.1 Å². The molecule has 4 N–H and O–H groups in total. The van der Waals surface area contributed by atoms with E-state index >= 15 is 0 Å². The Balaban J connectivity index is 1.84. The normalized spacial score (nSPS) is 12.0. The van der Waals surface area contributed by atoms with Crippen LogP contribution < -0.4 is 15.2 Å². The van der Waals surface area contributed by atoms with E-state index in [0.29, 0.717) is 17.7 Å². The molecule has 2 aromatic carbocycles. The van der Waals surface area contributed by atoms with Gasteiger partial charge >= 0.3 is 0 Å². The summed E-state index contributed by atoms with van der Waals surface area (Å²) < 4.78 is 49.7. The van der Waals surface area contributed by atoms with E-state index < -0.39 is 20.0 Å². The fraction of sp³-hybridized carbons (Fsp3) is 0.278. The molecular formula is C18H23N3O5S2. The molecule has 0 radical (unpaired) electrons. The van der Waals surface area contributed by atoms with E-state index in [9.17, 15) is 21.6 Å². The lowest BCUT2D eigenvalue weighted by atomic mass is 10.2. The first-order valence-corrected chi connectivity index (χ1v) is 11.5. The van der Waals surface area contributed by atoms with E-state index in [0.717, 1.165) is 5.56 Å². The van der Waals surface area contributed by atoms with Gasteiger partial charge in [0.15, 0.2) is 0 Å². The maximum absolute atomic E-state index is 12.4. The monoisotopic (exact) mass is 425 g/mol. The van der Waals surface area contributed by atoms with Crippen LogP contribution in [0.5, 0.6) is 0 Å². The van der Waals surface area contributed by atoms with E-state index in [-0.39, 0.29) is 28.7 Å². The minimum atomic E-state index is -3.79. The molecule has 2 rings (SSSR count). The van der Waals surface area contributed by atoms with Crippen LogP contribution in [0.25, 0.3) is 0 Å². The van der Waals surface area contributed by atoms with E-state index in [1.165, 1.54) is 24.3 Å². The van der Waals surface area contributed by atoms with Crippen molar-refractivity contribution in [3.05, 3.63) is 53.6 Å². The number of anilines is 1. The van der Waals surface area contributed by atoms with E-state index in [4.69, 9.17) is 5.14 Å². The molecule has 152 valence electrons. The third-order valence-corrected chi connectivity index (χ3v) is 6.50. The molecule has 0 atom stereocenters. The minimum Gasteiger partial charge on any atom is -0.326 e. The smallest absolute Gasteiger partial charge is 0.240 e. The molecule has 0 unspecified atom stereocenters. The van der Waals surface area contributed by atoms with Gasteiger partial charge in [-0.25, -0.2) is 26.7 Å². The quantitative estimate of drug-likeness (QED) is 0.553. The molecule has 0 aliphatic carbocycles. The van der Waals surface area contributed by atoms with Crippen molar-refractivity contribution >= 4 is 31.6 Å². The Labute approximate surface area is 165 Å². The molecule has 8 nitrogen and oxygen atoms in total. The Morgan fingerprint density at radius 2 is 1.64 bits per heavy atom. The average molecular weight is 426 g/mol. The molecule has 0 aromatic heterocycles. The molecule has 2 aromatic rings. The highest BCUT2D eigenvalue weighted by Crippen LogP contribution is 2.17. The molecule has 10 heteroatoms. The first kappa shape index (κ1) is 22.0. The Kier molecular flexibility index (Phi) is 6.94. The molecule has 28 heavy (non-hydrogen) atoms. The number of hydrogen-bond donors (Lipinski definition) is 3. The van der Waals surface area contributed by atoms with Crippen molar-refractivity contribution in [1.29, 1.82) is 0 Å². The predicted octanol–water partition coefficient (Wildman–Crippen LogP) is 1.65. The maximum Gasteiger partial charge on any atom is 0.240 e. The molecule has 0 saturated heterocycles. The number of aryl methyl sites for hydroxylation is 2. The van der Waals surface area contributed by atoms with Crippen LogP contribution in [-0.2, 0) is 24.8 Å². The summed E-state index contributed by atoms with van der Waals surface area (Å²) in [5.74, 6) is -0.311. The number of hydrogen-bond acceptors (Lipinski definition) is 5. The first-order chi connectivity index (χ1) is 13.0. The van der Waals surface area contributed by atoms with Gasteiger partial charge in [-0.05, 0) is 61.7 Å². The maximum atomic E-state index is 12.4. The van der Waals surface area contributed by atoms with Crippen molar-refractivity contribution < 1.29 is 21.6 Å². The number of rotatable bonds is 8. The SMILES string of the molecule is Cc1ccc(C)c(S(=O)(=O)NCCCC(=O)Nc2ccc(S(N)(=O)=O)cc2)c1. The summed E-state index contributed by atoms with van der Waals surface area (Å²) in [6.07, 6.45) is 0.414. The standard InChI is InChI=1S/C18H23N3O5S2/c1-13-5-6-14(2)17(12-13)28(25,26)20-11-3-4-18(22)21-15-7-9-16(10-8-15)27(19,23)24/h5-10,12,20H,3-4,11H2,1-2H3,(H,21,22)(H2,19,23,24). The van der Waals surface area contributed by atoms with Gasteiger partial charge in [0.2, 0.25) is 26.0 Å². The molecular weight excluding hydrogens is 402 g/mol. The number of nitrogens with two attached hydrogens (primary N) is 1. The van der Waals surface area contributed by atoms with Crippen LogP contribution >= 0.6 is 0 Å². The van der Waals surface area contributed by atoms with Gasteiger partial charge in [0.1, 0.15) is 0 Å². The largest absolute Gasteiger partial charge is 0.326 e. The fourth-order valence-corrected chi connectivity index (χ4v) is 4.40. The fourth-order valence-electron chi connectivity index (χ4n) is 2.48. The summed E-state index contributed by atoms with van der Waals surface area (Å²) >= 11 is 0. The average Bonchev–Trinajstić information content (AvgIpc) is 2.60. The van der Waals surface area contributed by atoms with Gasteiger partial charge in [0.05, 0.1) is 9.79 Å². The highest BCUT2D eigenvalue weighted by molar-refractivity contribution is 7.89. The molecule has 0 bridgehead atoms. The van der Waals surface area contributed by atoms with Crippen molar-refractivity contribution in [3.63, 3.8) is 0 Å². The van der Waals surface area contributed by atoms with Crippen molar-refractivity contribution in [2.45, 2.75) is 36.5 Å². The lowest BCUT2D eigenvalue weighted by Crippen LogP contribution is -2.26. The summed E-state index contributed by atoms with van der Waals surface area (Å²) in [6, 6.07) is 10.6. The molecule has 1 amide bonds. The molecule has 0 heterocycles. The zero-order valence-electron chi connectivity index (χ0n) is 15.6. The molecule has 0 saturated carbocycles. The van der Waals surface area contributed by atoms with Crippen molar-refractivity contribution in [1.82, 2.24) is 4.72 Å². The molecule has 0 aliphatic heterocycles. The van der Waals surface area contributed by atoms with Crippen LogP contribution in [0.2, 0.25) is 0 Å². The number of sulfonamides is 2. The third kappa shape index (κ3) is 6.13. The Morgan fingerprint density at radius 1 is 1.00 bits per heavy atom. The van der Waals surface area contributed by atoms with Crippen LogP contribution in [0.15, 0.2) is 52.3 Å². The summed E-state index contributed by atoms with van der Waals surface area (Å²) in [5.41, 5.74) is 1.92. The van der Waals surface area contributed by atoms with Crippen molar-refractivity contribution in [2.75, 3.05) is 11.9 Å². The van der Waals surface area contributed by atoms with Gasteiger partial charge in [0, 0.05) is 18.7 Å². The highest BCUT2D eigenvalue weighted by Gasteiger charge is 2.16. The lowest BCUT2D eigenvalue weighted by Gasteiger charge is -2.10. The van der Waals surface area contributed by atoms with Gasteiger partial charge in [0.25, 0.3) is 0 Å². The second-order valence-corrected chi connectivity index (χ2v) is 9.68. The number of nitrogens with one attached hydrogen (secondary N) is 2. The van der Waals surface area contributed by atoms with Crippen LogP contribution in [0, 0.1) is 13.8 Å². The second kappa shape index (κ2) is 8.82. The van der Waals surface area contributed by atoms with Crippen LogP contribution in [0.1, 0.15) is 24.0 Å². The number of amides is 1. The summed E-state index contributed by atoms with van der Waals surface area (Å²) in [5, 5.41) is 7.63. The highest BCUT2D eigenvalue weighted by atomic mass is 32.2. The van der Waals surface area contributed by atoms with E-state index in [2.05, 4.69) is 10.0 Å². The summed E-state index contributed by atoms with van der Waals surface area (Å²) in [7, 11) is -7.43. The van der Waals surface area contributed by atoms with Crippen LogP contribution in [0.3, 0.4) is 0 Å².